The number of pyridine rings is 1. The summed E-state index contributed by atoms with van der Waals surface area (Å²) in [7, 11) is 1.35. The summed E-state index contributed by atoms with van der Waals surface area (Å²) in [6.07, 6.45) is 3.61. The van der Waals surface area contributed by atoms with Gasteiger partial charge in [0.2, 0.25) is 5.91 Å². The van der Waals surface area contributed by atoms with Crippen molar-refractivity contribution < 1.29 is 14.3 Å². The number of hydrogen-bond acceptors (Lipinski definition) is 5. The Morgan fingerprint density at radius 3 is 2.65 bits per heavy atom. The molecule has 1 aromatic heterocycles. The molecule has 0 saturated carbocycles. The van der Waals surface area contributed by atoms with Gasteiger partial charge < -0.3 is 15.0 Å². The third-order valence-corrected chi connectivity index (χ3v) is 3.38. The third kappa shape index (κ3) is 3.77. The molecular weight excluding hydrogens is 258 g/mol. The zero-order chi connectivity index (χ0) is 14.4. The highest BCUT2D eigenvalue weighted by molar-refractivity contribution is 5.81. The van der Waals surface area contributed by atoms with Crippen LogP contribution in [0.2, 0.25) is 0 Å². The van der Waals surface area contributed by atoms with Gasteiger partial charge in [-0.1, -0.05) is 0 Å². The molecular formula is C14H19N3O3. The number of hydrogen-bond donors (Lipinski definition) is 1. The average molecular weight is 277 g/mol. The number of carbonyl (C=O) groups is 2. The van der Waals surface area contributed by atoms with E-state index in [0.717, 1.165) is 5.56 Å². The maximum atomic E-state index is 12.3. The summed E-state index contributed by atoms with van der Waals surface area (Å²) < 4.78 is 4.63. The summed E-state index contributed by atoms with van der Waals surface area (Å²) in [4.78, 5) is 29.3. The molecule has 0 spiro atoms. The van der Waals surface area contributed by atoms with E-state index in [9.17, 15) is 9.59 Å². The van der Waals surface area contributed by atoms with Crippen molar-refractivity contribution in [1.29, 1.82) is 0 Å². The Bertz CT molecular complexity index is 460. The number of ether oxygens (including phenoxy) is 1. The molecule has 1 amide bonds. The van der Waals surface area contributed by atoms with E-state index >= 15 is 0 Å². The fraction of sp³-hybridized carbons (Fsp3) is 0.500. The van der Waals surface area contributed by atoms with Gasteiger partial charge in [-0.05, 0) is 17.7 Å². The average Bonchev–Trinajstić information content (AvgIpc) is 2.42. The lowest BCUT2D eigenvalue weighted by Gasteiger charge is -2.32. The molecule has 0 aliphatic carbocycles. The summed E-state index contributed by atoms with van der Waals surface area (Å²) >= 11 is 0. The zero-order valence-electron chi connectivity index (χ0n) is 11.5. The molecule has 6 heteroatoms. The van der Waals surface area contributed by atoms with Gasteiger partial charge in [-0.3, -0.25) is 14.6 Å². The Morgan fingerprint density at radius 1 is 1.40 bits per heavy atom. The predicted molar refractivity (Wildman–Crippen MR) is 72.6 cm³/mol. The highest BCUT2D eigenvalue weighted by Gasteiger charge is 2.29. The van der Waals surface area contributed by atoms with Crippen molar-refractivity contribution in [2.45, 2.75) is 13.0 Å². The van der Waals surface area contributed by atoms with Gasteiger partial charge in [0.05, 0.1) is 19.4 Å². The second-order valence-corrected chi connectivity index (χ2v) is 4.80. The van der Waals surface area contributed by atoms with Crippen molar-refractivity contribution in [3.8, 4) is 0 Å². The first kappa shape index (κ1) is 14.5. The van der Waals surface area contributed by atoms with Crippen LogP contribution in [-0.4, -0.2) is 48.5 Å². The molecule has 1 saturated heterocycles. The van der Waals surface area contributed by atoms with E-state index < -0.39 is 0 Å². The summed E-state index contributed by atoms with van der Waals surface area (Å²) in [6.45, 7) is 2.30. The van der Waals surface area contributed by atoms with Gasteiger partial charge in [-0.2, -0.15) is 0 Å². The van der Waals surface area contributed by atoms with Gasteiger partial charge in [-0.25, -0.2) is 0 Å². The number of amides is 1. The zero-order valence-corrected chi connectivity index (χ0v) is 11.5. The van der Waals surface area contributed by atoms with E-state index in [0.29, 0.717) is 26.2 Å². The maximum absolute atomic E-state index is 12.3. The van der Waals surface area contributed by atoms with E-state index in [-0.39, 0.29) is 24.2 Å². The lowest BCUT2D eigenvalue weighted by atomic mass is 10.0. The minimum absolute atomic E-state index is 0.0227. The van der Waals surface area contributed by atoms with E-state index in [1.54, 1.807) is 17.3 Å². The maximum Gasteiger partial charge on any atom is 0.307 e. The van der Waals surface area contributed by atoms with Crippen LogP contribution in [0, 0.1) is 5.92 Å². The molecule has 0 atom stereocenters. The topological polar surface area (TPSA) is 71.5 Å². The molecule has 108 valence electrons. The fourth-order valence-electron chi connectivity index (χ4n) is 2.03. The van der Waals surface area contributed by atoms with Gasteiger partial charge in [0, 0.05) is 38.6 Å². The largest absolute Gasteiger partial charge is 0.469 e. The molecule has 2 rings (SSSR count). The number of nitrogens with zero attached hydrogens (tertiary/aromatic N) is 2. The molecule has 0 unspecified atom stereocenters. The van der Waals surface area contributed by atoms with Crippen LogP contribution in [0.15, 0.2) is 24.5 Å². The Kier molecular flexibility index (Phi) is 5.06. The highest BCUT2D eigenvalue weighted by Crippen LogP contribution is 2.12. The number of esters is 1. The smallest absolute Gasteiger partial charge is 0.307 e. The van der Waals surface area contributed by atoms with Crippen LogP contribution < -0.4 is 5.32 Å². The summed E-state index contributed by atoms with van der Waals surface area (Å²) in [5.74, 6) is -0.191. The SMILES string of the molecule is COC(=O)CCN(Cc1ccncc1)C(=O)C1CNC1. The molecule has 20 heavy (non-hydrogen) atoms. The van der Waals surface area contributed by atoms with Gasteiger partial charge in [-0.15, -0.1) is 0 Å². The standard InChI is InChI=1S/C14H19N3O3/c1-20-13(18)4-7-17(14(19)12-8-16-9-12)10-11-2-5-15-6-3-11/h2-3,5-6,12,16H,4,7-10H2,1H3. The Morgan fingerprint density at radius 2 is 2.10 bits per heavy atom. The van der Waals surface area contributed by atoms with Gasteiger partial charge >= 0.3 is 5.97 Å². The molecule has 1 fully saturated rings. The lowest BCUT2D eigenvalue weighted by molar-refractivity contribution is -0.143. The van der Waals surface area contributed by atoms with Crippen LogP contribution in [0.4, 0.5) is 0 Å². The van der Waals surface area contributed by atoms with Crippen LogP contribution in [-0.2, 0) is 20.9 Å². The molecule has 0 aromatic carbocycles. The number of aromatic nitrogens is 1. The molecule has 1 N–H and O–H groups in total. The van der Waals surface area contributed by atoms with Gasteiger partial charge in [0.1, 0.15) is 0 Å². The van der Waals surface area contributed by atoms with Crippen LogP contribution in [0.1, 0.15) is 12.0 Å². The fourth-order valence-corrected chi connectivity index (χ4v) is 2.03. The first-order valence-corrected chi connectivity index (χ1v) is 6.66. The number of rotatable bonds is 6. The van der Waals surface area contributed by atoms with Gasteiger partial charge in [0.25, 0.3) is 0 Å². The predicted octanol–water partition coefficient (Wildman–Crippen LogP) is 0.193. The molecule has 0 radical (unpaired) electrons. The monoisotopic (exact) mass is 277 g/mol. The van der Waals surface area contributed by atoms with Crippen molar-refractivity contribution >= 4 is 11.9 Å². The molecule has 6 nitrogen and oxygen atoms in total. The van der Waals surface area contributed by atoms with Crippen LogP contribution >= 0.6 is 0 Å². The number of methoxy groups -OCH3 is 1. The van der Waals surface area contributed by atoms with Crippen LogP contribution in [0.5, 0.6) is 0 Å². The van der Waals surface area contributed by atoms with Crippen LogP contribution in [0.3, 0.4) is 0 Å². The van der Waals surface area contributed by atoms with Crippen molar-refractivity contribution in [2.75, 3.05) is 26.7 Å². The second kappa shape index (κ2) is 7.00. The quantitative estimate of drug-likeness (QED) is 0.752. The Labute approximate surface area is 118 Å². The Hall–Kier alpha value is -1.95. The lowest BCUT2D eigenvalue weighted by Crippen LogP contribution is -2.52. The van der Waals surface area contributed by atoms with Crippen molar-refractivity contribution in [1.82, 2.24) is 15.2 Å². The third-order valence-electron chi connectivity index (χ3n) is 3.38. The normalized spacial score (nSPS) is 14.4. The highest BCUT2D eigenvalue weighted by atomic mass is 16.5. The first-order valence-electron chi connectivity index (χ1n) is 6.66. The summed E-state index contributed by atoms with van der Waals surface area (Å²) in [5, 5.41) is 3.09. The van der Waals surface area contributed by atoms with Crippen molar-refractivity contribution in [2.24, 2.45) is 5.92 Å². The Balaban J connectivity index is 1.98. The van der Waals surface area contributed by atoms with Crippen molar-refractivity contribution in [3.05, 3.63) is 30.1 Å². The van der Waals surface area contributed by atoms with Crippen molar-refractivity contribution in [3.63, 3.8) is 0 Å². The molecule has 0 bridgehead atoms. The number of carbonyl (C=O) groups excluding carboxylic acids is 2. The molecule has 2 heterocycles. The van der Waals surface area contributed by atoms with E-state index in [1.165, 1.54) is 7.11 Å². The van der Waals surface area contributed by atoms with E-state index in [1.807, 2.05) is 12.1 Å². The number of nitrogens with one attached hydrogen (secondary N) is 1. The first-order chi connectivity index (χ1) is 9.70. The van der Waals surface area contributed by atoms with E-state index in [4.69, 9.17) is 0 Å². The van der Waals surface area contributed by atoms with E-state index in [2.05, 4.69) is 15.0 Å². The molecule has 1 aromatic rings. The molecule has 1 aliphatic rings. The van der Waals surface area contributed by atoms with Crippen LogP contribution in [0.25, 0.3) is 0 Å². The molecule has 1 aliphatic heterocycles. The second-order valence-electron chi connectivity index (χ2n) is 4.80. The summed E-state index contributed by atoms with van der Waals surface area (Å²) in [5.41, 5.74) is 1.01. The van der Waals surface area contributed by atoms with Gasteiger partial charge in [0.15, 0.2) is 0 Å². The minimum atomic E-state index is -0.302. The summed E-state index contributed by atoms with van der Waals surface area (Å²) in [6, 6.07) is 3.74. The minimum Gasteiger partial charge on any atom is -0.469 e.